The van der Waals surface area contributed by atoms with Gasteiger partial charge in [-0.3, -0.25) is 33.9 Å². The molecule has 284 valence electrons. The molecule has 0 aliphatic carbocycles. The molecule has 5 aliphatic heterocycles. The maximum Gasteiger partial charge on any atom is 0.266 e. The van der Waals surface area contributed by atoms with Gasteiger partial charge in [0.15, 0.2) is 23.0 Å². The van der Waals surface area contributed by atoms with E-state index in [0.717, 1.165) is 43.5 Å². The molecule has 1 N–H and O–H groups in total. The van der Waals surface area contributed by atoms with E-state index in [0.29, 0.717) is 80.6 Å². The number of thioether (sulfide) groups is 2. The van der Waals surface area contributed by atoms with Crippen LogP contribution in [-0.4, -0.2) is 118 Å². The van der Waals surface area contributed by atoms with Gasteiger partial charge in [-0.05, 0) is 60.4 Å². The van der Waals surface area contributed by atoms with Gasteiger partial charge < -0.3 is 29.2 Å². The van der Waals surface area contributed by atoms with Crippen LogP contribution in [0.2, 0.25) is 0 Å². The van der Waals surface area contributed by atoms with E-state index >= 15 is 0 Å². The summed E-state index contributed by atoms with van der Waals surface area (Å²) in [5.41, 5.74) is 1.65. The summed E-state index contributed by atoms with van der Waals surface area (Å²) >= 11 is 13.4. The maximum atomic E-state index is 13.0. The van der Waals surface area contributed by atoms with Gasteiger partial charge >= 0.3 is 0 Å². The minimum Gasteiger partial charge on any atom is -0.454 e. The van der Waals surface area contributed by atoms with Crippen molar-refractivity contribution in [2.75, 3.05) is 65.9 Å². The Morgan fingerprint density at radius 3 is 1.83 bits per heavy atom. The van der Waals surface area contributed by atoms with E-state index in [1.807, 2.05) is 41.3 Å². The molecule has 7 rings (SSSR count). The zero-order chi connectivity index (χ0) is 37.6. The second-order valence-electron chi connectivity index (χ2n) is 13.0. The Kier molecular flexibility index (Phi) is 12.4. The van der Waals surface area contributed by atoms with Gasteiger partial charge in [0, 0.05) is 65.2 Å². The predicted octanol–water partition coefficient (Wildman–Crippen LogP) is 4.46. The van der Waals surface area contributed by atoms with Crippen LogP contribution in [-0.2, 0) is 19.2 Å². The number of nitrogens with one attached hydrogen (secondary N) is 1. The van der Waals surface area contributed by atoms with Crippen molar-refractivity contribution in [1.82, 2.24) is 24.9 Å². The van der Waals surface area contributed by atoms with Crippen molar-refractivity contribution in [3.05, 3.63) is 57.3 Å². The smallest absolute Gasteiger partial charge is 0.266 e. The second-order valence-corrected chi connectivity index (χ2v) is 16.4. The molecule has 0 spiro atoms. The summed E-state index contributed by atoms with van der Waals surface area (Å²) < 4.78 is 22.5. The highest BCUT2D eigenvalue weighted by molar-refractivity contribution is 8.27. The monoisotopic (exact) mass is 809 g/mol. The van der Waals surface area contributed by atoms with Crippen molar-refractivity contribution in [1.29, 1.82) is 0 Å². The lowest BCUT2D eigenvalue weighted by atomic mass is 10.1. The van der Waals surface area contributed by atoms with Crippen LogP contribution < -0.4 is 24.3 Å². The average molecular weight is 810 g/mol. The van der Waals surface area contributed by atoms with Crippen molar-refractivity contribution in [2.45, 2.75) is 32.1 Å². The van der Waals surface area contributed by atoms with E-state index < -0.39 is 0 Å². The van der Waals surface area contributed by atoms with Crippen molar-refractivity contribution in [3.63, 3.8) is 0 Å². The Morgan fingerprint density at radius 1 is 0.685 bits per heavy atom. The fraction of sp³-hybridized carbons (Fsp3) is 0.405. The first-order valence-electron chi connectivity index (χ1n) is 17.8. The van der Waals surface area contributed by atoms with E-state index in [1.54, 1.807) is 17.0 Å². The highest BCUT2D eigenvalue weighted by Crippen LogP contribution is 2.38. The van der Waals surface area contributed by atoms with Crippen LogP contribution in [0.25, 0.3) is 12.2 Å². The van der Waals surface area contributed by atoms with Crippen LogP contribution in [0.15, 0.2) is 46.2 Å². The van der Waals surface area contributed by atoms with Gasteiger partial charge in [-0.15, -0.1) is 0 Å². The number of benzene rings is 2. The largest absolute Gasteiger partial charge is 0.454 e. The topological polar surface area (TPSA) is 130 Å². The first kappa shape index (κ1) is 38.1. The third kappa shape index (κ3) is 9.20. The number of carbonyl (C=O) groups is 4. The second kappa shape index (κ2) is 17.5. The summed E-state index contributed by atoms with van der Waals surface area (Å²) in [7, 11) is 0. The third-order valence-corrected chi connectivity index (χ3v) is 12.2. The Bertz CT molecular complexity index is 1910. The zero-order valence-corrected chi connectivity index (χ0v) is 32.7. The SMILES string of the molecule is O=C(CCN1C(=O)/C(=C\c2ccc3c(c2)OCO3)SC1=S)NCCN1CCN(C(=O)CCCCCN2C(=O)/C(=C/c3ccc4c(c3)OCO4)SC2=S)CC1. The van der Waals surface area contributed by atoms with Gasteiger partial charge in [-0.1, -0.05) is 66.5 Å². The molecule has 4 amide bonds. The van der Waals surface area contributed by atoms with Crippen molar-refractivity contribution < 1.29 is 38.1 Å². The molecule has 0 unspecified atom stereocenters. The number of rotatable bonds is 14. The number of hydrogen-bond donors (Lipinski definition) is 1. The predicted molar refractivity (Wildman–Crippen MR) is 214 cm³/mol. The number of unbranched alkanes of at least 4 members (excludes halogenated alkanes) is 2. The molecule has 5 aliphatic rings. The molecule has 5 heterocycles. The summed E-state index contributed by atoms with van der Waals surface area (Å²) in [5.74, 6) is 2.34. The number of hydrogen-bond acceptors (Lipinski definition) is 13. The van der Waals surface area contributed by atoms with Gasteiger partial charge in [0.05, 0.1) is 9.81 Å². The third-order valence-electron chi connectivity index (χ3n) is 9.45. The van der Waals surface area contributed by atoms with E-state index in [4.69, 9.17) is 43.4 Å². The fourth-order valence-corrected chi connectivity index (χ4v) is 9.07. The molecule has 3 saturated heterocycles. The van der Waals surface area contributed by atoms with Crippen molar-refractivity contribution in [2.24, 2.45) is 0 Å². The fourth-order valence-electron chi connectivity index (χ4n) is 6.45. The molecule has 3 fully saturated rings. The van der Waals surface area contributed by atoms with Crippen LogP contribution >= 0.6 is 48.0 Å². The van der Waals surface area contributed by atoms with Crippen LogP contribution in [0.5, 0.6) is 23.0 Å². The molecular weight excluding hydrogens is 771 g/mol. The van der Waals surface area contributed by atoms with Crippen LogP contribution in [0.1, 0.15) is 43.2 Å². The summed E-state index contributed by atoms with van der Waals surface area (Å²) in [5, 5.41) is 2.94. The van der Waals surface area contributed by atoms with Gasteiger partial charge in [0.2, 0.25) is 25.4 Å². The molecule has 0 radical (unpaired) electrons. The zero-order valence-electron chi connectivity index (χ0n) is 29.4. The van der Waals surface area contributed by atoms with E-state index in [9.17, 15) is 19.2 Å². The molecular formula is C37H39N5O8S4. The summed E-state index contributed by atoms with van der Waals surface area (Å²) in [4.78, 5) is 59.8. The quantitative estimate of drug-likeness (QED) is 0.164. The highest BCUT2D eigenvalue weighted by atomic mass is 32.2. The first-order chi connectivity index (χ1) is 26.2. The molecule has 0 aromatic heterocycles. The molecule has 0 atom stereocenters. The van der Waals surface area contributed by atoms with Crippen LogP contribution in [0.3, 0.4) is 0 Å². The molecule has 0 saturated carbocycles. The number of fused-ring (bicyclic) bond motifs is 2. The molecule has 2 aromatic carbocycles. The van der Waals surface area contributed by atoms with E-state index in [2.05, 4.69) is 10.2 Å². The number of piperazine rings is 1. The van der Waals surface area contributed by atoms with Crippen LogP contribution in [0, 0.1) is 0 Å². The van der Waals surface area contributed by atoms with Gasteiger partial charge in [-0.2, -0.15) is 0 Å². The lowest BCUT2D eigenvalue weighted by Gasteiger charge is -2.34. The number of nitrogens with zero attached hydrogens (tertiary/aromatic N) is 4. The Labute approximate surface area is 332 Å². The maximum absolute atomic E-state index is 13.0. The lowest BCUT2D eigenvalue weighted by Crippen LogP contribution is -2.50. The summed E-state index contributed by atoms with van der Waals surface area (Å²) in [6.45, 7) is 5.03. The number of ether oxygens (including phenoxy) is 4. The molecule has 17 heteroatoms. The Balaban J connectivity index is 0.741. The number of thiocarbonyl (C=S) groups is 2. The Hall–Kier alpha value is -4.16. The minimum atomic E-state index is -0.216. The minimum absolute atomic E-state index is 0.0970. The summed E-state index contributed by atoms with van der Waals surface area (Å²) in [6.07, 6.45) is 6.53. The van der Waals surface area contributed by atoms with Crippen molar-refractivity contribution in [3.8, 4) is 23.0 Å². The Morgan fingerprint density at radius 2 is 1.24 bits per heavy atom. The number of carbonyl (C=O) groups excluding carboxylic acids is 4. The van der Waals surface area contributed by atoms with Gasteiger partial charge in [0.1, 0.15) is 8.64 Å². The lowest BCUT2D eigenvalue weighted by molar-refractivity contribution is -0.133. The molecule has 0 bridgehead atoms. The molecule has 13 nitrogen and oxygen atoms in total. The molecule has 54 heavy (non-hydrogen) atoms. The van der Waals surface area contributed by atoms with Crippen molar-refractivity contribution >= 4 is 92.4 Å². The standard InChI is InChI=1S/C37H39N5O8S4/c43-32(9-12-42-35(46)31(54-37(42)52)21-25-6-8-27-29(19-25)50-23-48-27)38-10-13-39-14-16-40(17-15-39)33(44)4-2-1-3-11-41-34(45)30(53-36(41)51)20-24-5-7-26-28(18-24)49-22-47-26/h5-8,18-21H,1-4,9-17,22-23H2,(H,38,43)/b30-20-,31-21+. The van der Waals surface area contributed by atoms with E-state index in [-0.39, 0.29) is 50.2 Å². The number of amides is 4. The van der Waals surface area contributed by atoms with E-state index in [1.165, 1.54) is 28.4 Å². The average Bonchev–Trinajstić information content (AvgIpc) is 3.95. The normalized spacial score (nSPS) is 19.6. The van der Waals surface area contributed by atoms with Gasteiger partial charge in [0.25, 0.3) is 11.8 Å². The van der Waals surface area contributed by atoms with Gasteiger partial charge in [-0.25, -0.2) is 0 Å². The first-order valence-corrected chi connectivity index (χ1v) is 20.2. The summed E-state index contributed by atoms with van der Waals surface area (Å²) in [6, 6.07) is 11.0. The highest BCUT2D eigenvalue weighted by Gasteiger charge is 2.33. The van der Waals surface area contributed by atoms with Crippen LogP contribution in [0.4, 0.5) is 0 Å². The molecule has 2 aromatic rings.